The standard InChI is InChI=1S/C33H45N5O5/c1-33(2)23-17-38(27(25(23)33)30(41)36-24(14-18-12-13-18)28(39)29(34)40)31(42)26(21-15-19-8-6-7-9-20(19)16-21)37-32(43)35-22-10-4-3-5-11-22/h6-9,18,21-27H,3-5,10-17H2,1-2H3,(H2,34,40)(H,36,41)(H2,35,37,43)/t23-,24?,25-,26+,27+/m1/s1. The highest BCUT2D eigenvalue weighted by molar-refractivity contribution is 6.37. The number of likely N-dealkylation sites (tertiary alicyclic amines) is 1. The molecule has 10 nitrogen and oxygen atoms in total. The highest BCUT2D eigenvalue weighted by Gasteiger charge is 2.69. The molecule has 232 valence electrons. The molecular weight excluding hydrogens is 546 g/mol. The molecule has 5 aliphatic rings. The summed E-state index contributed by atoms with van der Waals surface area (Å²) >= 11 is 0. The maximum Gasteiger partial charge on any atom is 0.315 e. The van der Waals surface area contributed by atoms with E-state index in [9.17, 15) is 24.0 Å². The number of fused-ring (bicyclic) bond motifs is 2. The summed E-state index contributed by atoms with van der Waals surface area (Å²) in [4.78, 5) is 67.8. The van der Waals surface area contributed by atoms with Gasteiger partial charge in [-0.1, -0.05) is 70.2 Å². The van der Waals surface area contributed by atoms with Crippen LogP contribution in [0.15, 0.2) is 24.3 Å². The van der Waals surface area contributed by atoms with Crippen LogP contribution in [0.3, 0.4) is 0 Å². The number of primary amides is 1. The third kappa shape index (κ3) is 6.02. The number of nitrogens with zero attached hydrogens (tertiary/aromatic N) is 1. The van der Waals surface area contributed by atoms with Crippen molar-refractivity contribution >= 4 is 29.5 Å². The Morgan fingerprint density at radius 2 is 1.60 bits per heavy atom. The van der Waals surface area contributed by atoms with Gasteiger partial charge in [0.25, 0.3) is 5.91 Å². The van der Waals surface area contributed by atoms with Crippen LogP contribution in [-0.2, 0) is 32.0 Å². The zero-order valence-corrected chi connectivity index (χ0v) is 25.3. The van der Waals surface area contributed by atoms with E-state index in [1.165, 1.54) is 17.5 Å². The van der Waals surface area contributed by atoms with E-state index in [-0.39, 0.29) is 47.1 Å². The van der Waals surface area contributed by atoms with Crippen LogP contribution < -0.4 is 21.7 Å². The molecule has 1 aromatic rings. The largest absolute Gasteiger partial charge is 0.363 e. The Bertz CT molecular complexity index is 1280. The van der Waals surface area contributed by atoms with Crippen LogP contribution in [0.25, 0.3) is 0 Å². The Balaban J connectivity index is 1.23. The SMILES string of the molecule is CC1(C)[C@H]2[C@@H](C(=O)NC(CC3CC3)C(=O)C(N)=O)N(C(=O)[C@@H](NC(=O)NC3CCCCC3)C3Cc4ccccc4C3)C[C@H]21. The predicted octanol–water partition coefficient (Wildman–Crippen LogP) is 2.22. The van der Waals surface area contributed by atoms with Gasteiger partial charge in [0.2, 0.25) is 17.6 Å². The van der Waals surface area contributed by atoms with Crippen molar-refractivity contribution < 1.29 is 24.0 Å². The van der Waals surface area contributed by atoms with E-state index in [1.54, 1.807) is 4.90 Å². The molecule has 10 heteroatoms. The number of hydrogen-bond donors (Lipinski definition) is 4. The summed E-state index contributed by atoms with van der Waals surface area (Å²) in [7, 11) is 0. The van der Waals surface area contributed by atoms with Crippen LogP contribution in [0.2, 0.25) is 0 Å². The summed E-state index contributed by atoms with van der Waals surface area (Å²) in [6.07, 6.45) is 8.78. The number of urea groups is 1. The second-order valence-corrected chi connectivity index (χ2v) is 14.2. The molecule has 0 bridgehead atoms. The molecule has 1 unspecified atom stereocenters. The minimum Gasteiger partial charge on any atom is -0.363 e. The summed E-state index contributed by atoms with van der Waals surface area (Å²) in [6, 6.07) is 5.28. The second kappa shape index (κ2) is 11.6. The van der Waals surface area contributed by atoms with Crippen molar-refractivity contribution in [3.05, 3.63) is 35.4 Å². The third-order valence-corrected chi connectivity index (χ3v) is 10.9. The first-order chi connectivity index (χ1) is 20.5. The zero-order chi connectivity index (χ0) is 30.5. The Morgan fingerprint density at radius 1 is 0.953 bits per heavy atom. The van der Waals surface area contributed by atoms with Gasteiger partial charge in [-0.3, -0.25) is 19.2 Å². The number of Topliss-reactive ketones (excluding diaryl/α,β-unsaturated/α-hetero) is 1. The van der Waals surface area contributed by atoms with E-state index in [0.29, 0.717) is 25.8 Å². The molecule has 3 saturated carbocycles. The Hall–Kier alpha value is -3.43. The summed E-state index contributed by atoms with van der Waals surface area (Å²) < 4.78 is 0. The Labute approximate surface area is 253 Å². The molecule has 4 aliphatic carbocycles. The second-order valence-electron chi connectivity index (χ2n) is 14.2. The zero-order valence-electron chi connectivity index (χ0n) is 25.3. The van der Waals surface area contributed by atoms with Gasteiger partial charge in [-0.2, -0.15) is 0 Å². The lowest BCUT2D eigenvalue weighted by molar-refractivity contribution is -0.144. The molecule has 1 aromatic carbocycles. The predicted molar refractivity (Wildman–Crippen MR) is 159 cm³/mol. The van der Waals surface area contributed by atoms with E-state index in [2.05, 4.69) is 41.9 Å². The van der Waals surface area contributed by atoms with Crippen LogP contribution in [0, 0.1) is 29.1 Å². The van der Waals surface area contributed by atoms with Crippen LogP contribution >= 0.6 is 0 Å². The van der Waals surface area contributed by atoms with Crippen molar-refractivity contribution in [1.82, 2.24) is 20.9 Å². The molecule has 0 aromatic heterocycles. The number of amides is 5. The van der Waals surface area contributed by atoms with Crippen molar-refractivity contribution in [1.29, 1.82) is 0 Å². The van der Waals surface area contributed by atoms with Gasteiger partial charge < -0.3 is 26.6 Å². The molecule has 5 amide bonds. The summed E-state index contributed by atoms with van der Waals surface area (Å²) in [5, 5.41) is 8.97. The van der Waals surface area contributed by atoms with Gasteiger partial charge in [0, 0.05) is 12.6 Å². The van der Waals surface area contributed by atoms with E-state index in [0.717, 1.165) is 38.5 Å². The lowest BCUT2D eigenvalue weighted by atomic mass is 9.93. The lowest BCUT2D eigenvalue weighted by Crippen LogP contribution is -2.60. The number of rotatable bonds is 10. The Kier molecular flexibility index (Phi) is 7.98. The number of hydrogen-bond acceptors (Lipinski definition) is 5. The maximum atomic E-state index is 14.5. The fourth-order valence-corrected chi connectivity index (χ4v) is 8.16. The fraction of sp³-hybridized carbons (Fsp3) is 0.667. The number of carbonyl (C=O) groups is 5. The van der Waals surface area contributed by atoms with Gasteiger partial charge in [0.05, 0.1) is 6.04 Å². The minimum absolute atomic E-state index is 0.0702. The van der Waals surface area contributed by atoms with Crippen LogP contribution in [0.4, 0.5) is 4.79 Å². The van der Waals surface area contributed by atoms with Gasteiger partial charge >= 0.3 is 6.03 Å². The van der Waals surface area contributed by atoms with Gasteiger partial charge in [-0.05, 0) is 72.3 Å². The maximum absolute atomic E-state index is 14.5. The molecule has 0 spiro atoms. The van der Waals surface area contributed by atoms with Crippen molar-refractivity contribution in [2.75, 3.05) is 6.54 Å². The quantitative estimate of drug-likeness (QED) is 0.308. The van der Waals surface area contributed by atoms with E-state index in [4.69, 9.17) is 5.73 Å². The number of carbonyl (C=O) groups excluding carboxylic acids is 5. The molecule has 43 heavy (non-hydrogen) atoms. The highest BCUT2D eigenvalue weighted by Crippen LogP contribution is 2.65. The highest BCUT2D eigenvalue weighted by atomic mass is 16.2. The Morgan fingerprint density at radius 3 is 2.21 bits per heavy atom. The first-order valence-corrected chi connectivity index (χ1v) is 16.1. The average Bonchev–Trinajstić information content (AvgIpc) is 3.73. The van der Waals surface area contributed by atoms with E-state index >= 15 is 0 Å². The van der Waals surface area contributed by atoms with Crippen LogP contribution in [0.1, 0.15) is 76.3 Å². The van der Waals surface area contributed by atoms with Crippen molar-refractivity contribution in [2.24, 2.45) is 34.8 Å². The fourth-order valence-electron chi connectivity index (χ4n) is 8.16. The number of piperidine rings is 1. The van der Waals surface area contributed by atoms with Crippen molar-refractivity contribution in [3.63, 3.8) is 0 Å². The van der Waals surface area contributed by atoms with Gasteiger partial charge in [-0.15, -0.1) is 0 Å². The van der Waals surface area contributed by atoms with Crippen molar-refractivity contribution in [3.8, 4) is 0 Å². The van der Waals surface area contributed by atoms with Crippen molar-refractivity contribution in [2.45, 2.75) is 102 Å². The average molecular weight is 592 g/mol. The number of nitrogens with one attached hydrogen (secondary N) is 3. The molecule has 5 N–H and O–H groups in total. The topological polar surface area (TPSA) is 151 Å². The molecule has 5 atom stereocenters. The normalized spacial score (nSPS) is 27.4. The molecular formula is C33H45N5O5. The van der Waals surface area contributed by atoms with Gasteiger partial charge in [-0.25, -0.2) is 4.79 Å². The molecule has 1 aliphatic heterocycles. The van der Waals surface area contributed by atoms with Gasteiger partial charge in [0.1, 0.15) is 12.1 Å². The summed E-state index contributed by atoms with van der Waals surface area (Å²) in [6.45, 7) is 4.61. The number of ketones is 1. The molecule has 6 rings (SSSR count). The third-order valence-electron chi connectivity index (χ3n) is 10.9. The van der Waals surface area contributed by atoms with E-state index in [1.807, 2.05) is 12.1 Å². The minimum atomic E-state index is -1.07. The van der Waals surface area contributed by atoms with Crippen LogP contribution in [-0.4, -0.2) is 65.1 Å². The van der Waals surface area contributed by atoms with Crippen LogP contribution in [0.5, 0.6) is 0 Å². The van der Waals surface area contributed by atoms with Gasteiger partial charge in [0.15, 0.2) is 0 Å². The molecule has 4 fully saturated rings. The summed E-state index contributed by atoms with van der Waals surface area (Å²) in [5.41, 5.74) is 7.54. The summed E-state index contributed by atoms with van der Waals surface area (Å²) in [5.74, 6) is -2.35. The van der Waals surface area contributed by atoms with E-state index < -0.39 is 35.7 Å². The molecule has 0 radical (unpaired) electrons. The number of nitrogens with two attached hydrogens (primary N) is 1. The smallest absolute Gasteiger partial charge is 0.315 e. The molecule has 1 heterocycles. The first kappa shape index (κ1) is 29.6. The first-order valence-electron chi connectivity index (χ1n) is 16.1. The molecule has 1 saturated heterocycles. The monoisotopic (exact) mass is 591 g/mol. The lowest BCUT2D eigenvalue weighted by Gasteiger charge is -2.35. The number of benzene rings is 1.